The van der Waals surface area contributed by atoms with Crippen LogP contribution in [0.25, 0.3) is 16.8 Å². The van der Waals surface area contributed by atoms with E-state index in [1.807, 2.05) is 74.5 Å². The second-order valence-corrected chi connectivity index (χ2v) is 10.6. The van der Waals surface area contributed by atoms with Crippen LogP contribution >= 0.6 is 23.4 Å². The third kappa shape index (κ3) is 7.11. The van der Waals surface area contributed by atoms with Gasteiger partial charge in [0.2, 0.25) is 0 Å². The Bertz CT molecular complexity index is 1590. The van der Waals surface area contributed by atoms with Crippen molar-refractivity contribution in [3.8, 4) is 11.5 Å². The molecule has 0 saturated carbocycles. The van der Waals surface area contributed by atoms with Gasteiger partial charge >= 0.3 is 0 Å². The molecule has 4 aromatic rings. The molecule has 0 atom stereocenters. The van der Waals surface area contributed by atoms with E-state index in [-0.39, 0.29) is 5.91 Å². The lowest BCUT2D eigenvalue weighted by Crippen LogP contribution is -2.32. The minimum absolute atomic E-state index is 0.130. The Morgan fingerprint density at radius 3 is 2.46 bits per heavy atom. The Hall–Kier alpha value is -3.78. The van der Waals surface area contributed by atoms with Crippen molar-refractivity contribution in [2.24, 2.45) is 4.99 Å². The molecule has 0 radical (unpaired) electrons. The summed E-state index contributed by atoms with van der Waals surface area (Å²) >= 11 is 8.05. The zero-order valence-corrected chi connectivity index (χ0v) is 24.6. The van der Waals surface area contributed by atoms with E-state index in [1.165, 1.54) is 17.1 Å². The van der Waals surface area contributed by atoms with Gasteiger partial charge in [-0.25, -0.2) is 4.99 Å². The van der Waals surface area contributed by atoms with Crippen molar-refractivity contribution in [3.05, 3.63) is 106 Å². The van der Waals surface area contributed by atoms with E-state index in [2.05, 4.69) is 24.3 Å². The molecular formula is C33H31ClN2O4S. The molecule has 0 aliphatic carbocycles. The molecule has 1 saturated heterocycles. The second kappa shape index (κ2) is 13.7. The van der Waals surface area contributed by atoms with Gasteiger partial charge in [0, 0.05) is 6.61 Å². The molecule has 0 N–H and O–H groups in total. The number of carbonyl (C=O) groups is 1. The van der Waals surface area contributed by atoms with Crippen molar-refractivity contribution in [2.75, 3.05) is 26.4 Å². The molecule has 4 aromatic carbocycles. The van der Waals surface area contributed by atoms with Crippen LogP contribution in [0.15, 0.2) is 94.8 Å². The molecule has 1 amide bonds. The summed E-state index contributed by atoms with van der Waals surface area (Å²) in [5.41, 5.74) is 2.54. The average molecular weight is 587 g/mol. The van der Waals surface area contributed by atoms with Gasteiger partial charge in [-0.15, -0.1) is 0 Å². The third-order valence-corrected chi connectivity index (χ3v) is 7.65. The first-order chi connectivity index (χ1) is 20.1. The molecule has 8 heteroatoms. The molecule has 1 fully saturated rings. The summed E-state index contributed by atoms with van der Waals surface area (Å²) in [4.78, 5) is 20.4. The van der Waals surface area contributed by atoms with Gasteiger partial charge in [0.05, 0.1) is 35.4 Å². The number of hydrogen-bond donors (Lipinski definition) is 0. The topological polar surface area (TPSA) is 60.4 Å². The normalized spacial score (nSPS) is 15.3. The standard InChI is InChI=1S/C33H31ClN2O4S/c1-3-38-17-16-36-32(37)30(41-33(36)35-27-12-6-5-7-13-27)21-24-19-28(34)31(29(20-24)39-4-2)40-22-23-14-15-25-10-8-9-11-26(25)18-23/h5-15,18-21H,3-4,16-17,22H2,1-2H3/b30-21-,35-33?. The van der Waals surface area contributed by atoms with Gasteiger partial charge in [0.25, 0.3) is 5.91 Å². The van der Waals surface area contributed by atoms with Gasteiger partial charge in [-0.05, 0) is 83.9 Å². The number of nitrogens with zero attached hydrogens (tertiary/aromatic N) is 2. The number of fused-ring (bicyclic) bond motifs is 1. The summed E-state index contributed by atoms with van der Waals surface area (Å²) in [5.74, 6) is 0.864. The first kappa shape index (κ1) is 28.7. The number of benzene rings is 4. The molecule has 210 valence electrons. The predicted octanol–water partition coefficient (Wildman–Crippen LogP) is 8.11. The number of para-hydroxylation sites is 1. The molecule has 1 heterocycles. The van der Waals surface area contributed by atoms with Crippen LogP contribution in [0.1, 0.15) is 25.0 Å². The number of rotatable bonds is 11. The lowest BCUT2D eigenvalue weighted by molar-refractivity contribution is -0.122. The molecule has 5 rings (SSSR count). The van der Waals surface area contributed by atoms with Crippen molar-refractivity contribution in [1.29, 1.82) is 0 Å². The molecule has 1 aliphatic rings. The zero-order valence-electron chi connectivity index (χ0n) is 23.0. The van der Waals surface area contributed by atoms with Crippen molar-refractivity contribution in [2.45, 2.75) is 20.5 Å². The van der Waals surface area contributed by atoms with E-state index in [9.17, 15) is 4.79 Å². The summed E-state index contributed by atoms with van der Waals surface area (Å²) < 4.78 is 17.6. The van der Waals surface area contributed by atoms with Crippen molar-refractivity contribution in [3.63, 3.8) is 0 Å². The Morgan fingerprint density at radius 1 is 0.902 bits per heavy atom. The van der Waals surface area contributed by atoms with E-state index < -0.39 is 0 Å². The van der Waals surface area contributed by atoms with E-state index in [1.54, 1.807) is 11.0 Å². The maximum absolute atomic E-state index is 13.4. The van der Waals surface area contributed by atoms with Crippen LogP contribution in [0, 0.1) is 0 Å². The largest absolute Gasteiger partial charge is 0.490 e. The van der Waals surface area contributed by atoms with Crippen LogP contribution in [-0.2, 0) is 16.1 Å². The quantitative estimate of drug-likeness (QED) is 0.131. The number of ether oxygens (including phenoxy) is 3. The van der Waals surface area contributed by atoms with Crippen LogP contribution in [0.5, 0.6) is 11.5 Å². The Labute approximate surface area is 249 Å². The SMILES string of the molecule is CCOCCN1C(=O)/C(=C/c2cc(Cl)c(OCc3ccc4ccccc4c3)c(OCC)c2)SC1=Nc1ccccc1. The molecule has 6 nitrogen and oxygen atoms in total. The van der Waals surface area contributed by atoms with Crippen molar-refractivity contribution < 1.29 is 19.0 Å². The van der Waals surface area contributed by atoms with E-state index in [0.717, 1.165) is 22.2 Å². The minimum atomic E-state index is -0.130. The number of thioether (sulfide) groups is 1. The monoisotopic (exact) mass is 586 g/mol. The van der Waals surface area contributed by atoms with Gasteiger partial charge in [-0.1, -0.05) is 66.2 Å². The van der Waals surface area contributed by atoms with E-state index >= 15 is 0 Å². The first-order valence-corrected chi connectivity index (χ1v) is 14.7. The third-order valence-electron chi connectivity index (χ3n) is 6.36. The highest BCUT2D eigenvalue weighted by atomic mass is 35.5. The smallest absolute Gasteiger partial charge is 0.266 e. The van der Waals surface area contributed by atoms with Crippen molar-refractivity contribution in [1.82, 2.24) is 4.90 Å². The second-order valence-electron chi connectivity index (χ2n) is 9.23. The fourth-order valence-electron chi connectivity index (χ4n) is 4.41. The molecular weight excluding hydrogens is 556 g/mol. The molecule has 0 unspecified atom stereocenters. The van der Waals surface area contributed by atoms with Crippen LogP contribution in [-0.4, -0.2) is 42.3 Å². The van der Waals surface area contributed by atoms with Gasteiger partial charge in [-0.2, -0.15) is 0 Å². The molecule has 0 aromatic heterocycles. The maximum atomic E-state index is 13.4. The lowest BCUT2D eigenvalue weighted by Gasteiger charge is -2.15. The van der Waals surface area contributed by atoms with Gasteiger partial charge < -0.3 is 14.2 Å². The Balaban J connectivity index is 1.40. The highest BCUT2D eigenvalue weighted by Crippen LogP contribution is 2.40. The van der Waals surface area contributed by atoms with Gasteiger partial charge in [-0.3, -0.25) is 9.69 Å². The summed E-state index contributed by atoms with van der Waals surface area (Å²) in [6.07, 6.45) is 1.82. The minimum Gasteiger partial charge on any atom is -0.490 e. The fraction of sp³-hybridized carbons (Fsp3) is 0.212. The summed E-state index contributed by atoms with van der Waals surface area (Å²) in [7, 11) is 0. The number of amidine groups is 1. The fourth-order valence-corrected chi connectivity index (χ4v) is 5.71. The van der Waals surface area contributed by atoms with Crippen LogP contribution < -0.4 is 9.47 Å². The average Bonchev–Trinajstić information content (AvgIpc) is 3.26. The van der Waals surface area contributed by atoms with Crippen molar-refractivity contribution >= 4 is 57.0 Å². The summed E-state index contributed by atoms with van der Waals surface area (Å²) in [6.45, 7) is 6.04. The van der Waals surface area contributed by atoms with Crippen LogP contribution in [0.3, 0.4) is 0 Å². The summed E-state index contributed by atoms with van der Waals surface area (Å²) in [6, 6.07) is 27.7. The first-order valence-electron chi connectivity index (χ1n) is 13.6. The molecule has 41 heavy (non-hydrogen) atoms. The molecule has 0 bridgehead atoms. The molecule has 0 spiro atoms. The number of halogens is 1. The maximum Gasteiger partial charge on any atom is 0.266 e. The molecule has 1 aliphatic heterocycles. The van der Waals surface area contributed by atoms with E-state index in [4.69, 9.17) is 30.8 Å². The number of amides is 1. The highest BCUT2D eigenvalue weighted by molar-refractivity contribution is 8.18. The van der Waals surface area contributed by atoms with Crippen LogP contribution in [0.2, 0.25) is 5.02 Å². The predicted molar refractivity (Wildman–Crippen MR) is 168 cm³/mol. The number of aliphatic imine (C=N–C) groups is 1. The van der Waals surface area contributed by atoms with E-state index in [0.29, 0.717) is 59.6 Å². The Morgan fingerprint density at radius 2 is 1.68 bits per heavy atom. The Kier molecular flexibility index (Phi) is 9.62. The highest BCUT2D eigenvalue weighted by Gasteiger charge is 2.33. The lowest BCUT2D eigenvalue weighted by atomic mass is 10.1. The number of carbonyl (C=O) groups excluding carboxylic acids is 1. The van der Waals surface area contributed by atoms with Gasteiger partial charge in [0.15, 0.2) is 16.7 Å². The summed E-state index contributed by atoms with van der Waals surface area (Å²) in [5, 5.41) is 3.34. The zero-order chi connectivity index (χ0) is 28.6. The van der Waals surface area contributed by atoms with Crippen LogP contribution in [0.4, 0.5) is 5.69 Å². The number of hydrogen-bond acceptors (Lipinski definition) is 6. The van der Waals surface area contributed by atoms with Gasteiger partial charge in [0.1, 0.15) is 6.61 Å².